The Kier molecular flexibility index (Phi) is 7.09. The van der Waals surface area contributed by atoms with Gasteiger partial charge in [-0.1, -0.05) is 29.5 Å². The van der Waals surface area contributed by atoms with Gasteiger partial charge in [-0.25, -0.2) is 4.68 Å². The molecular weight excluding hydrogens is 476 g/mol. The Morgan fingerprint density at radius 3 is 2.76 bits per heavy atom. The van der Waals surface area contributed by atoms with E-state index in [2.05, 4.69) is 51.5 Å². The third-order valence-corrected chi connectivity index (χ3v) is 8.37. The van der Waals surface area contributed by atoms with E-state index in [1.807, 2.05) is 57.0 Å². The summed E-state index contributed by atoms with van der Waals surface area (Å²) < 4.78 is 3.79. The number of benzene rings is 2. The van der Waals surface area contributed by atoms with E-state index < -0.39 is 11.4 Å². The van der Waals surface area contributed by atoms with Gasteiger partial charge in [-0.2, -0.15) is 5.10 Å². The summed E-state index contributed by atoms with van der Waals surface area (Å²) in [6, 6.07) is 12.5. The number of carboxylic acids is 1. The fourth-order valence-electron chi connectivity index (χ4n) is 6.07. The fraction of sp³-hybridized carbons (Fsp3) is 0.467. The number of carbonyl (C=O) groups is 1. The molecule has 8 heteroatoms. The molecule has 0 aliphatic carbocycles. The first-order valence-corrected chi connectivity index (χ1v) is 13.5. The Morgan fingerprint density at radius 2 is 2.03 bits per heavy atom. The van der Waals surface area contributed by atoms with E-state index in [4.69, 9.17) is 0 Å². The van der Waals surface area contributed by atoms with Gasteiger partial charge in [-0.05, 0) is 92.9 Å². The largest absolute Gasteiger partial charge is 0.481 e. The highest BCUT2D eigenvalue weighted by Crippen LogP contribution is 2.44. The maximum atomic E-state index is 12.6. The summed E-state index contributed by atoms with van der Waals surface area (Å²) in [6.45, 7) is 11.7. The molecule has 5 rings (SSSR count). The van der Waals surface area contributed by atoms with E-state index in [0.29, 0.717) is 5.92 Å². The molecule has 2 atom stereocenters. The van der Waals surface area contributed by atoms with Gasteiger partial charge >= 0.3 is 5.97 Å². The van der Waals surface area contributed by atoms with Crippen LogP contribution in [-0.2, 0) is 24.9 Å². The van der Waals surface area contributed by atoms with Gasteiger partial charge in [0, 0.05) is 45.0 Å². The van der Waals surface area contributed by atoms with Crippen LogP contribution in [0.3, 0.4) is 0 Å². The van der Waals surface area contributed by atoms with Crippen molar-refractivity contribution in [1.29, 1.82) is 0 Å². The van der Waals surface area contributed by atoms with Crippen molar-refractivity contribution in [2.24, 2.45) is 18.4 Å². The van der Waals surface area contributed by atoms with Crippen molar-refractivity contribution in [3.05, 3.63) is 76.6 Å². The molecule has 1 N–H and O–H groups in total. The second-order valence-corrected chi connectivity index (χ2v) is 11.5. The second-order valence-electron chi connectivity index (χ2n) is 11.5. The van der Waals surface area contributed by atoms with Crippen LogP contribution in [0.1, 0.15) is 60.4 Å². The number of nitrogens with zero attached hydrogens (tertiary/aromatic N) is 6. The van der Waals surface area contributed by atoms with E-state index in [1.165, 1.54) is 24.0 Å². The first-order valence-electron chi connectivity index (χ1n) is 13.5. The Morgan fingerprint density at radius 1 is 1.21 bits per heavy atom. The molecule has 4 aromatic rings. The van der Waals surface area contributed by atoms with Gasteiger partial charge in [0.1, 0.15) is 5.52 Å². The number of aliphatic carboxylic acids is 1. The maximum absolute atomic E-state index is 12.6. The Hall–Kier alpha value is -3.52. The van der Waals surface area contributed by atoms with E-state index >= 15 is 0 Å². The minimum absolute atomic E-state index is 0.334. The summed E-state index contributed by atoms with van der Waals surface area (Å²) in [6.07, 6.45) is 6.27. The molecule has 1 unspecified atom stereocenters. The molecule has 38 heavy (non-hydrogen) atoms. The van der Waals surface area contributed by atoms with Crippen LogP contribution in [0.4, 0.5) is 0 Å². The van der Waals surface area contributed by atoms with Crippen LogP contribution in [0, 0.1) is 25.2 Å². The van der Waals surface area contributed by atoms with E-state index in [-0.39, 0.29) is 5.92 Å². The van der Waals surface area contributed by atoms with Gasteiger partial charge in [0.05, 0.1) is 10.9 Å². The highest BCUT2D eigenvalue weighted by Gasteiger charge is 2.40. The molecule has 2 aromatic heterocycles. The molecule has 2 aromatic carbocycles. The average Bonchev–Trinajstić information content (AvgIpc) is 3.53. The number of piperidine rings is 1. The van der Waals surface area contributed by atoms with Crippen molar-refractivity contribution in [2.75, 3.05) is 13.1 Å². The zero-order valence-electron chi connectivity index (χ0n) is 23.1. The van der Waals surface area contributed by atoms with Gasteiger partial charge in [0.15, 0.2) is 0 Å². The van der Waals surface area contributed by atoms with Crippen molar-refractivity contribution < 1.29 is 9.90 Å². The summed E-state index contributed by atoms with van der Waals surface area (Å²) in [5.74, 6) is -0.576. The Balaban J connectivity index is 1.48. The Bertz CT molecular complexity index is 1440. The van der Waals surface area contributed by atoms with Crippen LogP contribution >= 0.6 is 0 Å². The van der Waals surface area contributed by atoms with Crippen molar-refractivity contribution >= 4 is 17.0 Å². The molecule has 1 saturated heterocycles. The lowest BCUT2D eigenvalue weighted by Gasteiger charge is -2.35. The molecule has 8 nitrogen and oxygen atoms in total. The van der Waals surface area contributed by atoms with Gasteiger partial charge in [0.2, 0.25) is 0 Å². The van der Waals surface area contributed by atoms with Crippen molar-refractivity contribution in [3.63, 3.8) is 0 Å². The average molecular weight is 515 g/mol. The molecule has 0 saturated carbocycles. The predicted molar refractivity (Wildman–Crippen MR) is 148 cm³/mol. The topological polar surface area (TPSA) is 89.1 Å². The standard InChI is InChI=1S/C30H38N6O2/c1-20-9-10-23(16-24(20)19-35-14-6-8-22(17-35)18-36-15-7-13-31-36)27(30(3,4)29(37)38)25-11-12-26-28(21(25)2)32-33-34(26)5/h7,9-13,15-16,22,27H,6,8,14,17-19H2,1-5H3,(H,37,38)/t22?,27-/m0/s1. The SMILES string of the molecule is Cc1ccc([C@@H](c2ccc3c(nnn3C)c2C)C(C)(C)C(=O)O)cc1CN1CCCC(Cn2cccn2)C1. The molecule has 0 spiro atoms. The molecule has 1 aliphatic heterocycles. The van der Waals surface area contributed by atoms with Crippen LogP contribution in [0.2, 0.25) is 0 Å². The number of rotatable bonds is 8. The number of likely N-dealkylation sites (tertiary alicyclic amines) is 1. The van der Waals surface area contributed by atoms with E-state index in [0.717, 1.165) is 53.9 Å². The molecule has 1 aliphatic rings. The highest BCUT2D eigenvalue weighted by molar-refractivity contribution is 5.81. The van der Waals surface area contributed by atoms with Gasteiger partial charge in [-0.3, -0.25) is 14.4 Å². The highest BCUT2D eigenvalue weighted by atomic mass is 16.4. The number of carboxylic acid groups (broad SMARTS) is 1. The van der Waals surface area contributed by atoms with Crippen molar-refractivity contribution in [1.82, 2.24) is 29.7 Å². The van der Waals surface area contributed by atoms with E-state index in [9.17, 15) is 9.90 Å². The first kappa shape index (κ1) is 26.1. The quantitative estimate of drug-likeness (QED) is 0.358. The summed E-state index contributed by atoms with van der Waals surface area (Å²) in [5, 5.41) is 23.3. The summed E-state index contributed by atoms with van der Waals surface area (Å²) in [7, 11) is 1.87. The van der Waals surface area contributed by atoms with Gasteiger partial charge in [0.25, 0.3) is 0 Å². The monoisotopic (exact) mass is 514 g/mol. The minimum atomic E-state index is -1.02. The number of hydrogen-bond acceptors (Lipinski definition) is 5. The van der Waals surface area contributed by atoms with Gasteiger partial charge < -0.3 is 5.11 Å². The van der Waals surface area contributed by atoms with E-state index in [1.54, 1.807) is 4.68 Å². The van der Waals surface area contributed by atoms with Crippen LogP contribution < -0.4 is 0 Å². The number of fused-ring (bicyclic) bond motifs is 1. The fourth-order valence-corrected chi connectivity index (χ4v) is 6.07. The lowest BCUT2D eigenvalue weighted by Crippen LogP contribution is -2.37. The zero-order chi connectivity index (χ0) is 27.0. The number of aromatic nitrogens is 5. The molecular formula is C30H38N6O2. The van der Waals surface area contributed by atoms with Crippen LogP contribution in [0.5, 0.6) is 0 Å². The third-order valence-electron chi connectivity index (χ3n) is 8.37. The predicted octanol–water partition coefficient (Wildman–Crippen LogP) is 4.94. The van der Waals surface area contributed by atoms with Crippen molar-refractivity contribution in [3.8, 4) is 0 Å². The molecule has 3 heterocycles. The maximum Gasteiger partial charge on any atom is 0.310 e. The molecule has 0 amide bonds. The van der Waals surface area contributed by atoms with Crippen LogP contribution in [0.25, 0.3) is 11.0 Å². The Labute approximate surface area is 224 Å². The summed E-state index contributed by atoms with van der Waals surface area (Å²) in [5.41, 5.74) is 6.22. The molecule has 1 fully saturated rings. The van der Waals surface area contributed by atoms with Gasteiger partial charge in [-0.15, -0.1) is 5.10 Å². The zero-order valence-corrected chi connectivity index (χ0v) is 23.1. The number of aryl methyl sites for hydroxylation is 3. The smallest absolute Gasteiger partial charge is 0.310 e. The second kappa shape index (κ2) is 10.3. The molecule has 0 radical (unpaired) electrons. The van der Waals surface area contributed by atoms with Crippen molar-refractivity contribution in [2.45, 2.75) is 59.5 Å². The normalized spacial score (nSPS) is 17.7. The van der Waals surface area contributed by atoms with Crippen LogP contribution in [0.15, 0.2) is 48.8 Å². The first-order chi connectivity index (χ1) is 18.1. The lowest BCUT2D eigenvalue weighted by atomic mass is 9.69. The number of hydrogen-bond donors (Lipinski definition) is 1. The molecule has 200 valence electrons. The summed E-state index contributed by atoms with van der Waals surface area (Å²) >= 11 is 0. The lowest BCUT2D eigenvalue weighted by molar-refractivity contribution is -0.147. The summed E-state index contributed by atoms with van der Waals surface area (Å²) in [4.78, 5) is 15.1. The third kappa shape index (κ3) is 4.97. The van der Waals surface area contributed by atoms with Crippen LogP contribution in [-0.4, -0.2) is 53.8 Å². The molecule has 0 bridgehead atoms. The minimum Gasteiger partial charge on any atom is -0.481 e.